The van der Waals surface area contributed by atoms with Crippen molar-refractivity contribution in [2.24, 2.45) is 0 Å². The van der Waals surface area contributed by atoms with Gasteiger partial charge in [0.2, 0.25) is 0 Å². The van der Waals surface area contributed by atoms with E-state index in [0.29, 0.717) is 0 Å². The zero-order valence-electron chi connectivity index (χ0n) is 2.58. The van der Waals surface area contributed by atoms with Gasteiger partial charge in [-0.2, -0.15) is 0 Å². The first-order valence-corrected chi connectivity index (χ1v) is 1.82. The Balaban J connectivity index is 0. The summed E-state index contributed by atoms with van der Waals surface area (Å²) in [5.41, 5.74) is 0. The summed E-state index contributed by atoms with van der Waals surface area (Å²) in [4.78, 5) is 0. The minimum atomic E-state index is 0. The summed E-state index contributed by atoms with van der Waals surface area (Å²) < 4.78 is 0. The molecule has 0 saturated heterocycles. The van der Waals surface area contributed by atoms with E-state index in [4.69, 9.17) is 10.5 Å². The predicted molar refractivity (Wildman–Crippen MR) is 11.2 cm³/mol. The number of hydrogen-bond donors (Lipinski definition) is 0. The van der Waals surface area contributed by atoms with Crippen LogP contribution in [0.5, 0.6) is 0 Å². The Bertz CT molecular complexity index is 76.7. The van der Waals surface area contributed by atoms with Gasteiger partial charge in [0.1, 0.15) is 0 Å². The molecular formula is C2CoFeN2. The van der Waals surface area contributed by atoms with Gasteiger partial charge in [-0.15, -0.1) is 0 Å². The quantitative estimate of drug-likeness (QED) is 0.477. The number of hydrogen-bond acceptors (Lipinski definition) is 2. The maximum absolute atomic E-state index is 7.58. The second kappa shape index (κ2) is 8.89. The molecule has 4 heteroatoms. The Hall–Kier alpha value is 0.00597. The summed E-state index contributed by atoms with van der Waals surface area (Å²) in [5, 5.41) is 18.4. The van der Waals surface area contributed by atoms with Gasteiger partial charge in [0.25, 0.3) is 0 Å². The zero-order valence-corrected chi connectivity index (χ0v) is 4.73. The molecule has 0 N–H and O–H groups in total. The third-order valence-corrected chi connectivity index (χ3v) is 0.307. The first-order valence-electron chi connectivity index (χ1n) is 0.781. The van der Waals surface area contributed by atoms with Crippen molar-refractivity contribution in [2.45, 2.75) is 0 Å². The molecule has 0 aromatic carbocycles. The van der Waals surface area contributed by atoms with E-state index in [1.165, 1.54) is 0 Å². The Morgan fingerprint density at radius 2 is 1.50 bits per heavy atom. The smallest absolute Gasteiger partial charge is 0 e. The maximum Gasteiger partial charge on any atom is 0 e. The van der Waals surface area contributed by atoms with Crippen molar-refractivity contribution in [3.8, 4) is 10.0 Å². The molecule has 0 aromatic heterocycles. The molecule has 0 aromatic rings. The van der Waals surface area contributed by atoms with Gasteiger partial charge in [0.05, 0.1) is 0 Å². The van der Waals surface area contributed by atoms with E-state index in [9.17, 15) is 0 Å². The van der Waals surface area contributed by atoms with E-state index in [-0.39, 0.29) is 31.8 Å². The Morgan fingerprint density at radius 3 is 1.50 bits per heavy atom. The fraction of sp³-hybridized carbons (Fsp3) is 0. The van der Waals surface area contributed by atoms with Crippen molar-refractivity contribution in [3.05, 3.63) is 0 Å². The molecule has 0 radical (unpaired) electrons. The summed E-state index contributed by atoms with van der Waals surface area (Å²) in [6, 6.07) is 0. The van der Waals surface area contributed by atoms with Crippen LogP contribution >= 0.6 is 0 Å². The third-order valence-electron chi connectivity index (χ3n) is 0.0745. The molecule has 0 amide bonds. The monoisotopic (exact) mass is 167 g/mol. The van der Waals surface area contributed by atoms with Crippen LogP contribution in [0.3, 0.4) is 0 Å². The van der Waals surface area contributed by atoms with Gasteiger partial charge in [-0.05, 0) is 0 Å². The molecule has 35 valence electrons. The number of rotatable bonds is 0. The minimum absolute atomic E-state index is 0. The van der Waals surface area contributed by atoms with E-state index >= 15 is 0 Å². The average molecular weight is 167 g/mol. The predicted octanol–water partition coefficient (Wildman–Crippen LogP) is 0.0286. The van der Waals surface area contributed by atoms with Crippen LogP contribution in [-0.4, -0.2) is 0 Å². The molecule has 2 nitrogen and oxygen atoms in total. The van der Waals surface area contributed by atoms with Crippen molar-refractivity contribution < 1.29 is 31.8 Å². The van der Waals surface area contributed by atoms with E-state index in [0.717, 1.165) is 0 Å². The molecule has 0 aliphatic carbocycles. The first kappa shape index (κ1) is 9.38. The fourth-order valence-electron chi connectivity index (χ4n) is 0.0167. The summed E-state index contributed by atoms with van der Waals surface area (Å²) >= 11 is 0.215. The van der Waals surface area contributed by atoms with Crippen molar-refractivity contribution in [2.75, 3.05) is 0 Å². The van der Waals surface area contributed by atoms with Gasteiger partial charge in [-0.3, -0.25) is 0 Å². The molecule has 0 aliphatic heterocycles. The van der Waals surface area contributed by atoms with E-state index < -0.39 is 0 Å². The fourth-order valence-corrected chi connectivity index (χ4v) is 0.0687. The number of nitriles is 2. The Kier molecular flexibility index (Phi) is 13.9. The van der Waals surface area contributed by atoms with Gasteiger partial charge < -0.3 is 0 Å². The summed E-state index contributed by atoms with van der Waals surface area (Å²) in [7, 11) is 0. The standard InChI is InChI=1S/2CN.Co.Fe/c2*1-2;;. The molecule has 0 atom stereocenters. The summed E-state index contributed by atoms with van der Waals surface area (Å²) in [6.45, 7) is 0. The SMILES string of the molecule is N#[C][Co][C]#N.[Fe]. The van der Waals surface area contributed by atoms with Crippen LogP contribution in [0.15, 0.2) is 0 Å². The second-order valence-corrected chi connectivity index (χ2v) is 0.958. The second-order valence-electron chi connectivity index (χ2n) is 0.232. The molecule has 0 spiro atoms. The van der Waals surface area contributed by atoms with Gasteiger partial charge >= 0.3 is 35.2 Å². The van der Waals surface area contributed by atoms with Crippen LogP contribution in [0.2, 0.25) is 0 Å². The molecule has 0 unspecified atom stereocenters. The van der Waals surface area contributed by atoms with Crippen LogP contribution in [0, 0.1) is 20.5 Å². The molecule has 6 heavy (non-hydrogen) atoms. The largest absolute Gasteiger partial charge is 0 e. The van der Waals surface area contributed by atoms with Gasteiger partial charge in [0.15, 0.2) is 0 Å². The number of nitrogens with zero attached hydrogens (tertiary/aromatic N) is 2. The van der Waals surface area contributed by atoms with Gasteiger partial charge in [-0.1, -0.05) is 0 Å². The van der Waals surface area contributed by atoms with Crippen molar-refractivity contribution in [1.82, 2.24) is 0 Å². The van der Waals surface area contributed by atoms with Crippen LogP contribution in [0.1, 0.15) is 0 Å². The van der Waals surface area contributed by atoms with Gasteiger partial charge in [0, 0.05) is 17.1 Å². The Labute approximate surface area is 52.6 Å². The third kappa shape index (κ3) is 9.00. The molecule has 0 fully saturated rings. The Morgan fingerprint density at radius 1 is 1.17 bits per heavy atom. The first-order chi connectivity index (χ1) is 2.41. The van der Waals surface area contributed by atoms with E-state index in [1.54, 1.807) is 10.0 Å². The molecule has 0 bridgehead atoms. The van der Waals surface area contributed by atoms with E-state index in [2.05, 4.69) is 0 Å². The molecule has 0 saturated carbocycles. The van der Waals surface area contributed by atoms with Gasteiger partial charge in [-0.25, -0.2) is 0 Å². The van der Waals surface area contributed by atoms with Crippen molar-refractivity contribution >= 4 is 0 Å². The topological polar surface area (TPSA) is 47.6 Å². The maximum atomic E-state index is 7.58. The van der Waals surface area contributed by atoms with Crippen molar-refractivity contribution in [3.63, 3.8) is 0 Å². The molecular weight excluding hydrogens is 167 g/mol. The molecule has 0 rings (SSSR count). The van der Waals surface area contributed by atoms with Crippen LogP contribution < -0.4 is 0 Å². The summed E-state index contributed by atoms with van der Waals surface area (Å²) in [5.74, 6) is 0. The minimum Gasteiger partial charge on any atom is 0 e. The van der Waals surface area contributed by atoms with Crippen molar-refractivity contribution in [1.29, 1.82) is 10.5 Å². The zero-order chi connectivity index (χ0) is 4.12. The van der Waals surface area contributed by atoms with Crippen LogP contribution in [0.25, 0.3) is 0 Å². The van der Waals surface area contributed by atoms with E-state index in [1.807, 2.05) is 0 Å². The summed E-state index contributed by atoms with van der Waals surface area (Å²) in [6.07, 6.45) is 0. The molecule has 0 heterocycles. The van der Waals surface area contributed by atoms with Crippen LogP contribution in [-0.2, 0) is 31.8 Å². The average Bonchev–Trinajstić information content (AvgIpc) is 1.41. The normalized spacial score (nSPS) is 4.33. The molecule has 0 aliphatic rings. The van der Waals surface area contributed by atoms with Crippen LogP contribution in [0.4, 0.5) is 0 Å².